The van der Waals surface area contributed by atoms with Crippen LogP contribution in [0.4, 0.5) is 0 Å². The predicted octanol–water partition coefficient (Wildman–Crippen LogP) is 1.84. The van der Waals surface area contributed by atoms with Gasteiger partial charge < -0.3 is 4.90 Å². The van der Waals surface area contributed by atoms with Crippen LogP contribution in [-0.2, 0) is 21.4 Å². The van der Waals surface area contributed by atoms with E-state index < -0.39 is 10.0 Å². The Morgan fingerprint density at radius 2 is 2.04 bits per heavy atom. The number of carbonyl (C=O) groups is 1. The van der Waals surface area contributed by atoms with E-state index in [-0.39, 0.29) is 23.2 Å². The van der Waals surface area contributed by atoms with Gasteiger partial charge in [0.2, 0.25) is 5.91 Å². The van der Waals surface area contributed by atoms with E-state index in [2.05, 4.69) is 9.71 Å². The van der Waals surface area contributed by atoms with Crippen LogP contribution in [0.25, 0.3) is 0 Å². The van der Waals surface area contributed by atoms with Crippen molar-refractivity contribution in [2.75, 3.05) is 13.1 Å². The SMILES string of the molecule is CCN(Cc1cccs1)C(=O)CN=C1NS(=O)(=O)c2ccccc21. The number of aliphatic imine (C=N–C) groups is 1. The predicted molar refractivity (Wildman–Crippen MR) is 93.6 cm³/mol. The van der Waals surface area contributed by atoms with Crippen LogP contribution in [0.15, 0.2) is 51.7 Å². The Bertz CT molecular complexity index is 874. The summed E-state index contributed by atoms with van der Waals surface area (Å²) < 4.78 is 26.5. The zero-order chi connectivity index (χ0) is 17.2. The van der Waals surface area contributed by atoms with Crippen molar-refractivity contribution >= 4 is 33.1 Å². The standard InChI is InChI=1S/C16H17N3O3S2/c1-2-19(11-12-6-5-9-23-12)15(20)10-17-16-13-7-3-4-8-14(13)24(21,22)18-16/h3-9H,2,10-11H2,1H3,(H,17,18). The van der Waals surface area contributed by atoms with Gasteiger partial charge in [-0.25, -0.2) is 8.42 Å². The van der Waals surface area contributed by atoms with Gasteiger partial charge in [0.1, 0.15) is 12.4 Å². The van der Waals surface area contributed by atoms with E-state index in [9.17, 15) is 13.2 Å². The molecular weight excluding hydrogens is 346 g/mol. The molecule has 0 unspecified atom stereocenters. The second-order valence-corrected chi connectivity index (χ2v) is 7.94. The van der Waals surface area contributed by atoms with Crippen molar-refractivity contribution in [2.45, 2.75) is 18.4 Å². The molecule has 0 fully saturated rings. The minimum atomic E-state index is -3.57. The zero-order valence-electron chi connectivity index (χ0n) is 13.1. The van der Waals surface area contributed by atoms with E-state index in [0.717, 1.165) is 4.88 Å². The van der Waals surface area contributed by atoms with Gasteiger partial charge in [0, 0.05) is 17.0 Å². The highest BCUT2D eigenvalue weighted by molar-refractivity contribution is 7.90. The van der Waals surface area contributed by atoms with Crippen LogP contribution in [-0.4, -0.2) is 38.2 Å². The lowest BCUT2D eigenvalue weighted by Crippen LogP contribution is -2.32. The molecule has 0 saturated heterocycles. The zero-order valence-corrected chi connectivity index (χ0v) is 14.7. The second kappa shape index (κ2) is 6.74. The number of sulfonamides is 1. The van der Waals surface area contributed by atoms with Crippen molar-refractivity contribution in [3.63, 3.8) is 0 Å². The van der Waals surface area contributed by atoms with E-state index in [1.165, 1.54) is 6.07 Å². The summed E-state index contributed by atoms with van der Waals surface area (Å²) in [6.07, 6.45) is 0. The quantitative estimate of drug-likeness (QED) is 0.880. The first-order chi connectivity index (χ1) is 11.5. The van der Waals surface area contributed by atoms with Gasteiger partial charge in [-0.1, -0.05) is 18.2 Å². The van der Waals surface area contributed by atoms with Gasteiger partial charge in [0.05, 0.1) is 11.4 Å². The Labute approximate surface area is 144 Å². The number of likely N-dealkylation sites (N-methyl/N-ethyl adjacent to an activating group) is 1. The number of fused-ring (bicyclic) bond motifs is 1. The highest BCUT2D eigenvalue weighted by Gasteiger charge is 2.30. The molecule has 1 aliphatic rings. The Morgan fingerprint density at radius 3 is 2.75 bits per heavy atom. The number of nitrogens with one attached hydrogen (secondary N) is 1. The second-order valence-electron chi connectivity index (χ2n) is 5.25. The summed E-state index contributed by atoms with van der Waals surface area (Å²) in [5, 5.41) is 1.97. The minimum Gasteiger partial charge on any atom is -0.336 e. The van der Waals surface area contributed by atoms with Gasteiger partial charge in [-0.2, -0.15) is 0 Å². The molecule has 0 atom stereocenters. The van der Waals surface area contributed by atoms with E-state index in [1.54, 1.807) is 34.4 Å². The van der Waals surface area contributed by atoms with Crippen LogP contribution in [0.1, 0.15) is 17.4 Å². The van der Waals surface area contributed by atoms with Crippen LogP contribution in [0.3, 0.4) is 0 Å². The lowest BCUT2D eigenvalue weighted by atomic mass is 10.2. The molecule has 2 aromatic rings. The van der Waals surface area contributed by atoms with Gasteiger partial charge in [-0.05, 0) is 30.5 Å². The number of amidine groups is 1. The molecule has 0 saturated carbocycles. The minimum absolute atomic E-state index is 0.0919. The van der Waals surface area contributed by atoms with E-state index in [1.807, 2.05) is 24.4 Å². The van der Waals surface area contributed by atoms with Crippen molar-refractivity contribution in [3.8, 4) is 0 Å². The fraction of sp³-hybridized carbons (Fsp3) is 0.250. The van der Waals surface area contributed by atoms with E-state index >= 15 is 0 Å². The average Bonchev–Trinajstić information content (AvgIpc) is 3.17. The third kappa shape index (κ3) is 3.34. The van der Waals surface area contributed by atoms with Crippen LogP contribution in [0, 0.1) is 0 Å². The monoisotopic (exact) mass is 363 g/mol. The molecule has 0 radical (unpaired) electrons. The maximum atomic E-state index is 12.4. The largest absolute Gasteiger partial charge is 0.336 e. The van der Waals surface area contributed by atoms with Crippen LogP contribution in [0.5, 0.6) is 0 Å². The van der Waals surface area contributed by atoms with Crippen LogP contribution in [0.2, 0.25) is 0 Å². The Kier molecular flexibility index (Phi) is 4.68. The maximum absolute atomic E-state index is 12.4. The summed E-state index contributed by atoms with van der Waals surface area (Å²) in [7, 11) is -3.57. The van der Waals surface area contributed by atoms with Gasteiger partial charge in [-0.3, -0.25) is 14.5 Å². The molecular formula is C16H17N3O3S2. The smallest absolute Gasteiger partial charge is 0.263 e. The number of hydrogen-bond acceptors (Lipinski definition) is 5. The van der Waals surface area contributed by atoms with Crippen molar-refractivity contribution in [3.05, 3.63) is 52.2 Å². The molecule has 0 spiro atoms. The van der Waals surface area contributed by atoms with Crippen LogP contribution >= 0.6 is 11.3 Å². The first-order valence-electron chi connectivity index (χ1n) is 7.48. The highest BCUT2D eigenvalue weighted by atomic mass is 32.2. The molecule has 2 heterocycles. The molecule has 0 bridgehead atoms. The van der Waals surface area contributed by atoms with Gasteiger partial charge in [-0.15, -0.1) is 11.3 Å². The molecule has 126 valence electrons. The number of nitrogens with zero attached hydrogens (tertiary/aromatic N) is 2. The molecule has 24 heavy (non-hydrogen) atoms. The molecule has 6 nitrogen and oxygen atoms in total. The third-order valence-corrected chi connectivity index (χ3v) is 5.95. The number of carbonyl (C=O) groups excluding carboxylic acids is 1. The molecule has 3 rings (SSSR count). The normalized spacial score (nSPS) is 16.6. The summed E-state index contributed by atoms with van der Waals surface area (Å²) >= 11 is 1.60. The molecule has 8 heteroatoms. The number of rotatable bonds is 5. The number of thiophene rings is 1. The van der Waals surface area contributed by atoms with Gasteiger partial charge in [0.15, 0.2) is 0 Å². The lowest BCUT2D eigenvalue weighted by molar-refractivity contribution is -0.129. The summed E-state index contributed by atoms with van der Waals surface area (Å²) in [4.78, 5) is 19.6. The molecule has 1 aromatic carbocycles. The first kappa shape index (κ1) is 16.7. The summed E-state index contributed by atoms with van der Waals surface area (Å²) in [6, 6.07) is 10.5. The van der Waals surface area contributed by atoms with Crippen molar-refractivity contribution < 1.29 is 13.2 Å². The highest BCUT2D eigenvalue weighted by Crippen LogP contribution is 2.22. The van der Waals surface area contributed by atoms with E-state index in [4.69, 9.17) is 0 Å². The first-order valence-corrected chi connectivity index (χ1v) is 9.84. The summed E-state index contributed by atoms with van der Waals surface area (Å²) in [5.74, 6) is 0.0908. The number of amides is 1. The number of benzene rings is 1. The fourth-order valence-electron chi connectivity index (χ4n) is 2.46. The third-order valence-electron chi connectivity index (χ3n) is 3.70. The molecule has 1 aromatic heterocycles. The topological polar surface area (TPSA) is 78.8 Å². The maximum Gasteiger partial charge on any atom is 0.263 e. The van der Waals surface area contributed by atoms with Crippen molar-refractivity contribution in [1.82, 2.24) is 9.62 Å². The Hall–Kier alpha value is -2.19. The van der Waals surface area contributed by atoms with Crippen molar-refractivity contribution in [1.29, 1.82) is 0 Å². The molecule has 1 aliphatic heterocycles. The summed E-state index contributed by atoms with van der Waals surface area (Å²) in [6.45, 7) is 2.93. The van der Waals surface area contributed by atoms with Crippen molar-refractivity contribution in [2.24, 2.45) is 4.99 Å². The molecule has 0 aliphatic carbocycles. The Morgan fingerprint density at radius 1 is 1.25 bits per heavy atom. The lowest BCUT2D eigenvalue weighted by Gasteiger charge is -2.19. The van der Waals surface area contributed by atoms with Gasteiger partial charge in [0.25, 0.3) is 10.0 Å². The Balaban J connectivity index is 1.75. The van der Waals surface area contributed by atoms with Gasteiger partial charge >= 0.3 is 0 Å². The van der Waals surface area contributed by atoms with E-state index in [0.29, 0.717) is 18.7 Å². The number of hydrogen-bond donors (Lipinski definition) is 1. The average molecular weight is 363 g/mol. The van der Waals surface area contributed by atoms with Crippen LogP contribution < -0.4 is 4.72 Å². The summed E-state index contributed by atoms with van der Waals surface area (Å²) in [5.41, 5.74) is 0.506. The fourth-order valence-corrected chi connectivity index (χ4v) is 4.44. The molecule has 1 amide bonds. The molecule has 1 N–H and O–H groups in total.